The predicted molar refractivity (Wildman–Crippen MR) is 206 cm³/mol. The summed E-state index contributed by atoms with van der Waals surface area (Å²) >= 11 is 3.05. The van der Waals surface area contributed by atoms with E-state index >= 15 is 0 Å². The van der Waals surface area contributed by atoms with Crippen molar-refractivity contribution in [3.05, 3.63) is 113 Å². The smallest absolute Gasteiger partial charge is 0.395 e. The second-order valence-corrected chi connectivity index (χ2v) is 15.8. The fourth-order valence-electron chi connectivity index (χ4n) is 6.83. The summed E-state index contributed by atoms with van der Waals surface area (Å²) in [6.07, 6.45) is -4.93. The molecule has 0 bridgehead atoms. The maximum Gasteiger partial charge on any atom is 0.416 e. The average Bonchev–Trinajstić information content (AvgIpc) is 3.14. The first kappa shape index (κ1) is 40.2. The van der Waals surface area contributed by atoms with Gasteiger partial charge in [0, 0.05) is 65.4 Å². The Balaban J connectivity index is 0.000000189. The van der Waals surface area contributed by atoms with Crippen LogP contribution in [0.1, 0.15) is 35.1 Å². The minimum atomic E-state index is -4.35. The van der Waals surface area contributed by atoms with Gasteiger partial charge in [-0.15, -0.1) is 0 Å². The highest BCUT2D eigenvalue weighted by Crippen LogP contribution is 2.50. The van der Waals surface area contributed by atoms with Gasteiger partial charge in [0.1, 0.15) is 0 Å². The van der Waals surface area contributed by atoms with Gasteiger partial charge in [0.25, 0.3) is 0 Å². The van der Waals surface area contributed by atoms with Crippen molar-refractivity contribution in [1.82, 2.24) is 14.7 Å². The molecule has 288 valence electrons. The maximum atomic E-state index is 13.3. The third kappa shape index (κ3) is 9.85. The van der Waals surface area contributed by atoms with Gasteiger partial charge < -0.3 is 19.8 Å². The molecule has 0 unspecified atom stereocenters. The highest BCUT2D eigenvalue weighted by molar-refractivity contribution is 8.00. The van der Waals surface area contributed by atoms with Crippen molar-refractivity contribution in [2.45, 2.75) is 44.8 Å². The number of anilines is 2. The first-order valence-corrected chi connectivity index (χ1v) is 19.6. The Morgan fingerprint density at radius 1 is 0.648 bits per heavy atom. The molecule has 4 aromatic carbocycles. The number of hydrogen-bond acceptors (Lipinski definition) is 7. The van der Waals surface area contributed by atoms with E-state index in [0.29, 0.717) is 24.3 Å². The van der Waals surface area contributed by atoms with E-state index in [1.807, 2.05) is 67.5 Å². The van der Waals surface area contributed by atoms with Crippen molar-refractivity contribution in [3.63, 3.8) is 0 Å². The number of rotatable bonds is 9. The summed E-state index contributed by atoms with van der Waals surface area (Å²) in [6.45, 7) is 7.12. The van der Waals surface area contributed by atoms with Gasteiger partial charge in [-0.1, -0.05) is 59.9 Å². The van der Waals surface area contributed by atoms with E-state index in [1.165, 1.54) is 41.7 Å². The minimum absolute atomic E-state index is 0.183. The van der Waals surface area contributed by atoms with Crippen molar-refractivity contribution < 1.29 is 31.4 Å². The number of nitrogens with zero attached hydrogens (tertiary/aromatic N) is 4. The zero-order chi connectivity index (χ0) is 38.5. The van der Waals surface area contributed by atoms with Crippen LogP contribution in [0.4, 0.5) is 37.7 Å². The number of para-hydroxylation sites is 1. The van der Waals surface area contributed by atoms with Crippen LogP contribution in [-0.2, 0) is 12.4 Å². The van der Waals surface area contributed by atoms with Gasteiger partial charge in [0.15, 0.2) is 0 Å². The number of benzene rings is 4. The molecule has 5 nitrogen and oxygen atoms in total. The summed E-state index contributed by atoms with van der Waals surface area (Å²) in [5, 5.41) is 9.06. The van der Waals surface area contributed by atoms with Gasteiger partial charge in [0.2, 0.25) is 0 Å². The van der Waals surface area contributed by atoms with Gasteiger partial charge in [-0.2, -0.15) is 26.3 Å². The van der Waals surface area contributed by atoms with E-state index < -0.39 is 23.5 Å². The summed E-state index contributed by atoms with van der Waals surface area (Å²) in [6, 6.07) is 23.9. The average molecular weight is 787 g/mol. The monoisotopic (exact) mass is 786 g/mol. The molecule has 4 aromatic rings. The SMILES string of the molecule is CN(C)CCCN1c2ccccc2Sc2ccc(C(F)(F)F)cc21.OCCN1CCN(CC/C=C2/c3ccccc3Sc3ccc(C(F)(F)F)cc32)CC1. The molecule has 3 heterocycles. The van der Waals surface area contributed by atoms with Gasteiger partial charge in [0.05, 0.1) is 29.1 Å². The lowest BCUT2D eigenvalue weighted by Gasteiger charge is -2.34. The van der Waals surface area contributed by atoms with E-state index in [0.717, 1.165) is 94.6 Å². The Kier molecular flexibility index (Phi) is 13.1. The predicted octanol–water partition coefficient (Wildman–Crippen LogP) is 9.86. The van der Waals surface area contributed by atoms with Gasteiger partial charge >= 0.3 is 12.4 Å². The Morgan fingerprint density at radius 2 is 1.20 bits per heavy atom. The second kappa shape index (κ2) is 17.6. The molecular weight excluding hydrogens is 743 g/mol. The summed E-state index contributed by atoms with van der Waals surface area (Å²) in [4.78, 5) is 12.6. The van der Waals surface area contributed by atoms with Crippen LogP contribution in [0.3, 0.4) is 0 Å². The molecule has 0 amide bonds. The zero-order valence-electron chi connectivity index (χ0n) is 30.3. The number of fused-ring (bicyclic) bond motifs is 4. The van der Waals surface area contributed by atoms with Crippen molar-refractivity contribution in [3.8, 4) is 0 Å². The highest BCUT2D eigenvalue weighted by Gasteiger charge is 2.34. The molecule has 1 fully saturated rings. The van der Waals surface area contributed by atoms with Crippen molar-refractivity contribution >= 4 is 40.5 Å². The molecular formula is C41H44F6N4OS2. The van der Waals surface area contributed by atoms with Crippen LogP contribution in [0, 0.1) is 0 Å². The van der Waals surface area contributed by atoms with Crippen LogP contribution in [0.2, 0.25) is 0 Å². The molecule has 7 rings (SSSR count). The molecule has 3 aliphatic rings. The molecule has 3 aliphatic heterocycles. The first-order valence-electron chi connectivity index (χ1n) is 18.0. The number of piperazine rings is 1. The topological polar surface area (TPSA) is 33.2 Å². The molecule has 54 heavy (non-hydrogen) atoms. The number of aliphatic hydroxyl groups is 1. The number of hydrogen-bond donors (Lipinski definition) is 1. The van der Waals surface area contributed by atoms with Gasteiger partial charge in [-0.05, 0) is 105 Å². The van der Waals surface area contributed by atoms with E-state index in [1.54, 1.807) is 12.1 Å². The van der Waals surface area contributed by atoms with Crippen LogP contribution in [0.15, 0.2) is 111 Å². The molecule has 0 aliphatic carbocycles. The lowest BCUT2D eigenvalue weighted by molar-refractivity contribution is -0.138. The normalized spacial score (nSPS) is 16.7. The summed E-state index contributed by atoms with van der Waals surface area (Å²) in [7, 11) is 3.99. The maximum absolute atomic E-state index is 13.3. The second-order valence-electron chi connectivity index (χ2n) is 13.7. The molecule has 0 atom stereocenters. The van der Waals surface area contributed by atoms with E-state index in [4.69, 9.17) is 5.11 Å². The third-order valence-corrected chi connectivity index (χ3v) is 11.9. The van der Waals surface area contributed by atoms with Crippen LogP contribution < -0.4 is 4.90 Å². The minimum Gasteiger partial charge on any atom is -0.395 e. The van der Waals surface area contributed by atoms with Crippen molar-refractivity contribution in [1.29, 1.82) is 0 Å². The quantitative estimate of drug-likeness (QED) is 0.149. The Labute approximate surface area is 321 Å². The van der Waals surface area contributed by atoms with Crippen LogP contribution >= 0.6 is 23.5 Å². The number of β-amino-alcohol motifs (C(OH)–C–C–N with tert-alkyl or cyclic N) is 1. The zero-order valence-corrected chi connectivity index (χ0v) is 31.9. The summed E-state index contributed by atoms with van der Waals surface area (Å²) in [5.74, 6) is 0. The summed E-state index contributed by atoms with van der Waals surface area (Å²) < 4.78 is 79.2. The van der Waals surface area contributed by atoms with Gasteiger partial charge in [-0.25, -0.2) is 0 Å². The third-order valence-electron chi connectivity index (χ3n) is 9.61. The highest BCUT2D eigenvalue weighted by atomic mass is 32.2. The van der Waals surface area contributed by atoms with E-state index in [9.17, 15) is 26.3 Å². The van der Waals surface area contributed by atoms with E-state index in [-0.39, 0.29) is 6.61 Å². The molecule has 1 N–H and O–H groups in total. The van der Waals surface area contributed by atoms with E-state index in [2.05, 4.69) is 20.8 Å². The van der Waals surface area contributed by atoms with Crippen LogP contribution in [-0.4, -0.2) is 92.9 Å². The fraction of sp³-hybridized carbons (Fsp3) is 0.366. The molecule has 13 heteroatoms. The molecule has 0 aromatic heterocycles. The van der Waals surface area contributed by atoms with Crippen LogP contribution in [0.5, 0.6) is 0 Å². The van der Waals surface area contributed by atoms with Crippen LogP contribution in [0.25, 0.3) is 5.57 Å². The Morgan fingerprint density at radius 3 is 1.87 bits per heavy atom. The molecule has 0 spiro atoms. The molecule has 0 saturated carbocycles. The number of alkyl halides is 6. The first-order chi connectivity index (χ1) is 25.8. The molecule has 1 saturated heterocycles. The number of halogens is 6. The van der Waals surface area contributed by atoms with Crippen molar-refractivity contribution in [2.24, 2.45) is 0 Å². The largest absolute Gasteiger partial charge is 0.416 e. The standard InChI is InChI=1S/C23H25F3N2OS.C18H19F3N2S/c24-23(25,26)17-7-8-22-20(16-17)18(19-4-1-2-6-21(19)30-22)5-3-9-27-10-12-28(13-11-27)14-15-29;1-22(2)10-5-11-23-14-6-3-4-7-16(14)24-17-9-8-13(12-15(17)23)18(19,20)21/h1-2,4-8,16,29H,3,9-15H2;3-4,6-9,12H,5,10-11H2,1-2H3/b18-5-;. The number of aliphatic hydroxyl groups excluding tert-OH is 1. The lowest BCUT2D eigenvalue weighted by Crippen LogP contribution is -2.47. The lowest BCUT2D eigenvalue weighted by atomic mass is 9.94. The molecule has 0 radical (unpaired) electrons. The Hall–Kier alpha value is -3.46. The van der Waals surface area contributed by atoms with Crippen molar-refractivity contribution in [2.75, 3.05) is 78.0 Å². The summed E-state index contributed by atoms with van der Waals surface area (Å²) in [5.41, 5.74) is 2.99. The Bertz CT molecular complexity index is 1920. The van der Waals surface area contributed by atoms with Gasteiger partial charge in [-0.3, -0.25) is 4.90 Å². The fourth-order valence-corrected chi connectivity index (χ4v) is 8.99.